The van der Waals surface area contributed by atoms with Gasteiger partial charge in [-0.05, 0) is 31.2 Å². The van der Waals surface area contributed by atoms with Gasteiger partial charge in [-0.15, -0.1) is 11.3 Å². The van der Waals surface area contributed by atoms with Crippen LogP contribution in [-0.2, 0) is 22.4 Å². The minimum Gasteiger partial charge on any atom is -0.465 e. The molecule has 0 spiro atoms. The standard InChI is InChI=1S/C15H14F7NO3S/c1-26-11(24)9-7-5-3-2-4-6-8(7)27-10(9)23-12(25)13(16,17)14(18,19)15(20,21)22/h2-6H2,1H3,(H,23,25). The second kappa shape index (κ2) is 7.28. The van der Waals surface area contributed by atoms with Gasteiger partial charge in [0.25, 0.3) is 0 Å². The highest BCUT2D eigenvalue weighted by molar-refractivity contribution is 7.17. The first kappa shape index (κ1) is 21.5. The van der Waals surface area contributed by atoms with Crippen molar-refractivity contribution in [3.8, 4) is 0 Å². The third-order valence-corrected chi connectivity index (χ3v) is 5.28. The molecule has 0 aliphatic heterocycles. The average Bonchev–Trinajstić information content (AvgIpc) is 2.74. The van der Waals surface area contributed by atoms with Gasteiger partial charge < -0.3 is 10.1 Å². The summed E-state index contributed by atoms with van der Waals surface area (Å²) in [6.07, 6.45) is -3.62. The summed E-state index contributed by atoms with van der Waals surface area (Å²) in [6, 6.07) is 0. The second-order valence-electron chi connectivity index (χ2n) is 5.86. The number of fused-ring (bicyclic) bond motifs is 1. The fourth-order valence-electron chi connectivity index (χ4n) is 2.65. The number of thiophene rings is 1. The number of nitrogens with one attached hydrogen (secondary N) is 1. The molecule has 0 atom stereocenters. The molecule has 2 rings (SSSR count). The van der Waals surface area contributed by atoms with Crippen LogP contribution in [-0.4, -0.2) is 37.0 Å². The van der Waals surface area contributed by atoms with Crippen LogP contribution in [0.25, 0.3) is 0 Å². The number of hydrogen-bond acceptors (Lipinski definition) is 4. The van der Waals surface area contributed by atoms with Crippen LogP contribution in [0.4, 0.5) is 35.7 Å². The normalized spacial score (nSPS) is 15.7. The summed E-state index contributed by atoms with van der Waals surface area (Å²) in [7, 11) is 0.987. The molecule has 1 aromatic rings. The summed E-state index contributed by atoms with van der Waals surface area (Å²) in [5.41, 5.74) is 0.129. The van der Waals surface area contributed by atoms with Gasteiger partial charge in [0.05, 0.1) is 12.7 Å². The van der Waals surface area contributed by atoms with Crippen molar-refractivity contribution in [2.24, 2.45) is 0 Å². The molecule has 12 heteroatoms. The van der Waals surface area contributed by atoms with Gasteiger partial charge >= 0.3 is 29.9 Å². The van der Waals surface area contributed by atoms with Crippen LogP contribution in [0.5, 0.6) is 0 Å². The van der Waals surface area contributed by atoms with E-state index in [-0.39, 0.29) is 5.56 Å². The van der Waals surface area contributed by atoms with Crippen LogP contribution >= 0.6 is 11.3 Å². The summed E-state index contributed by atoms with van der Waals surface area (Å²) >= 11 is 0.689. The van der Waals surface area contributed by atoms with E-state index in [2.05, 4.69) is 4.74 Å². The maximum absolute atomic E-state index is 13.5. The number of esters is 1. The maximum atomic E-state index is 13.5. The number of methoxy groups -OCH3 is 1. The SMILES string of the molecule is COC(=O)c1c(NC(=O)C(F)(F)C(F)(F)C(F)(F)F)sc2c1CCCCC2. The van der Waals surface area contributed by atoms with Gasteiger partial charge in [-0.25, -0.2) is 4.79 Å². The van der Waals surface area contributed by atoms with Crippen LogP contribution in [0.3, 0.4) is 0 Å². The molecule has 1 aliphatic carbocycles. The summed E-state index contributed by atoms with van der Waals surface area (Å²) in [5, 5.41) is 0.840. The minimum absolute atomic E-state index is 0.293. The highest BCUT2D eigenvalue weighted by atomic mass is 32.1. The van der Waals surface area contributed by atoms with E-state index >= 15 is 0 Å². The molecule has 0 unspecified atom stereocenters. The molecule has 1 aromatic heterocycles. The largest absolute Gasteiger partial charge is 0.465 e. The predicted octanol–water partition coefficient (Wildman–Crippen LogP) is 4.58. The van der Waals surface area contributed by atoms with Gasteiger partial charge in [-0.2, -0.15) is 30.7 Å². The van der Waals surface area contributed by atoms with Crippen molar-refractivity contribution in [1.29, 1.82) is 0 Å². The average molecular weight is 421 g/mol. The van der Waals surface area contributed by atoms with Gasteiger partial charge in [-0.3, -0.25) is 4.79 Å². The first-order valence-corrected chi connectivity index (χ1v) is 8.53. The van der Waals surface area contributed by atoms with Crippen LogP contribution in [0.1, 0.15) is 40.1 Å². The van der Waals surface area contributed by atoms with Crippen LogP contribution < -0.4 is 5.32 Å². The van der Waals surface area contributed by atoms with Gasteiger partial charge in [0, 0.05) is 4.88 Å². The Bertz CT molecular complexity index is 743. The first-order chi connectivity index (χ1) is 12.3. The highest BCUT2D eigenvalue weighted by Crippen LogP contribution is 2.47. The number of aryl methyl sites for hydroxylation is 1. The smallest absolute Gasteiger partial charge is 0.460 e. The van der Waals surface area contributed by atoms with Crippen LogP contribution in [0.15, 0.2) is 0 Å². The van der Waals surface area contributed by atoms with Crippen molar-refractivity contribution >= 4 is 28.2 Å². The fourth-order valence-corrected chi connectivity index (χ4v) is 3.92. The molecule has 0 radical (unpaired) electrons. The highest BCUT2D eigenvalue weighted by Gasteiger charge is 2.76. The van der Waals surface area contributed by atoms with Crippen molar-refractivity contribution in [3.05, 3.63) is 16.0 Å². The zero-order valence-corrected chi connectivity index (χ0v) is 14.6. The molecule has 1 aliphatic rings. The Hall–Kier alpha value is -1.85. The Labute approximate surface area is 152 Å². The molecule has 0 aromatic carbocycles. The van der Waals surface area contributed by atoms with Crippen molar-refractivity contribution in [2.75, 3.05) is 12.4 Å². The van der Waals surface area contributed by atoms with Gasteiger partial charge in [0.15, 0.2) is 0 Å². The van der Waals surface area contributed by atoms with E-state index in [9.17, 15) is 40.3 Å². The fraction of sp³-hybridized carbons (Fsp3) is 0.600. The number of rotatable bonds is 4. The molecule has 152 valence electrons. The van der Waals surface area contributed by atoms with E-state index in [0.717, 1.165) is 13.5 Å². The van der Waals surface area contributed by atoms with E-state index in [1.807, 2.05) is 0 Å². The molecular formula is C15H14F7NO3S. The van der Waals surface area contributed by atoms with Crippen molar-refractivity contribution < 1.29 is 45.1 Å². The van der Waals surface area contributed by atoms with E-state index in [1.54, 1.807) is 0 Å². The Morgan fingerprint density at radius 2 is 1.59 bits per heavy atom. The Kier molecular flexibility index (Phi) is 5.79. The number of alkyl halides is 7. The molecule has 27 heavy (non-hydrogen) atoms. The van der Waals surface area contributed by atoms with Gasteiger partial charge in [-0.1, -0.05) is 6.42 Å². The molecule has 0 saturated carbocycles. The third kappa shape index (κ3) is 3.76. The summed E-state index contributed by atoms with van der Waals surface area (Å²) in [4.78, 5) is 24.1. The van der Waals surface area contributed by atoms with E-state index in [1.165, 1.54) is 5.32 Å². The lowest BCUT2D eigenvalue weighted by Gasteiger charge is -2.26. The lowest BCUT2D eigenvalue weighted by atomic mass is 10.1. The summed E-state index contributed by atoms with van der Waals surface area (Å²) in [6.45, 7) is 0. The summed E-state index contributed by atoms with van der Waals surface area (Å²) < 4.78 is 94.4. The second-order valence-corrected chi connectivity index (χ2v) is 6.97. The third-order valence-electron chi connectivity index (χ3n) is 4.07. The van der Waals surface area contributed by atoms with Crippen molar-refractivity contribution in [3.63, 3.8) is 0 Å². The number of carbonyl (C=O) groups is 2. The summed E-state index contributed by atoms with van der Waals surface area (Å²) in [5.74, 6) is -16.5. The number of halogens is 7. The molecular weight excluding hydrogens is 407 g/mol. The molecule has 1 N–H and O–H groups in total. The monoisotopic (exact) mass is 421 g/mol. The molecule has 0 bridgehead atoms. The molecule has 0 fully saturated rings. The molecule has 0 saturated heterocycles. The van der Waals surface area contributed by atoms with E-state index in [4.69, 9.17) is 0 Å². The van der Waals surface area contributed by atoms with Crippen molar-refractivity contribution in [1.82, 2.24) is 0 Å². The lowest BCUT2D eigenvalue weighted by Crippen LogP contribution is -2.57. The topological polar surface area (TPSA) is 55.4 Å². The molecule has 4 nitrogen and oxygen atoms in total. The Morgan fingerprint density at radius 3 is 2.15 bits per heavy atom. The lowest BCUT2D eigenvalue weighted by molar-refractivity contribution is -0.343. The van der Waals surface area contributed by atoms with Crippen LogP contribution in [0.2, 0.25) is 0 Å². The maximum Gasteiger partial charge on any atom is 0.460 e. The number of ether oxygens (including phenoxy) is 1. The van der Waals surface area contributed by atoms with E-state index < -0.39 is 34.9 Å². The minimum atomic E-state index is -6.63. The van der Waals surface area contributed by atoms with Crippen LogP contribution in [0, 0.1) is 0 Å². The Balaban J connectivity index is 2.42. The first-order valence-electron chi connectivity index (χ1n) is 7.71. The zero-order chi connectivity index (χ0) is 20.6. The zero-order valence-electron chi connectivity index (χ0n) is 13.8. The van der Waals surface area contributed by atoms with Crippen molar-refractivity contribution in [2.45, 2.75) is 50.1 Å². The molecule has 1 amide bonds. The number of carbonyl (C=O) groups excluding carboxylic acids is 2. The van der Waals surface area contributed by atoms with Gasteiger partial charge in [0.2, 0.25) is 0 Å². The number of amides is 1. The van der Waals surface area contributed by atoms with E-state index in [0.29, 0.717) is 47.5 Å². The number of hydrogen-bond donors (Lipinski definition) is 1. The number of anilines is 1. The van der Waals surface area contributed by atoms with Gasteiger partial charge in [0.1, 0.15) is 5.00 Å². The molecule has 1 heterocycles. The quantitative estimate of drug-likeness (QED) is 0.440. The Morgan fingerprint density at radius 1 is 1.00 bits per heavy atom. The predicted molar refractivity (Wildman–Crippen MR) is 81.5 cm³/mol.